The van der Waals surface area contributed by atoms with Crippen molar-refractivity contribution >= 4 is 23.1 Å². The number of nitrogens with zero attached hydrogens (tertiary/aromatic N) is 3. The molecule has 0 spiro atoms. The van der Waals surface area contributed by atoms with Crippen LogP contribution in [0.3, 0.4) is 0 Å². The molecule has 2 bridgehead atoms. The summed E-state index contributed by atoms with van der Waals surface area (Å²) in [6, 6.07) is 4.74. The summed E-state index contributed by atoms with van der Waals surface area (Å²) in [5, 5.41) is 4.01. The van der Waals surface area contributed by atoms with Gasteiger partial charge in [0, 0.05) is 35.8 Å². The maximum atomic E-state index is 14.0. The Labute approximate surface area is 190 Å². The number of halogens is 2. The van der Waals surface area contributed by atoms with Gasteiger partial charge in [0.1, 0.15) is 17.7 Å². The number of nitrogens with two attached hydrogens (primary N) is 1. The van der Waals surface area contributed by atoms with Crippen LogP contribution in [-0.2, 0) is 0 Å². The molecular formula is C23H25ClFN5O2. The van der Waals surface area contributed by atoms with Crippen molar-refractivity contribution in [2.24, 2.45) is 5.73 Å². The molecule has 7 nitrogen and oxygen atoms in total. The van der Waals surface area contributed by atoms with Crippen LogP contribution < -0.4 is 15.8 Å². The highest BCUT2D eigenvalue weighted by Crippen LogP contribution is 2.34. The molecule has 3 unspecified atom stereocenters. The predicted octanol–water partition coefficient (Wildman–Crippen LogP) is 2.98. The van der Waals surface area contributed by atoms with E-state index in [-0.39, 0.29) is 36.9 Å². The number of benzene rings is 1. The van der Waals surface area contributed by atoms with Gasteiger partial charge >= 0.3 is 0 Å². The van der Waals surface area contributed by atoms with Crippen molar-refractivity contribution in [3.05, 3.63) is 57.5 Å². The molecule has 4 heterocycles. The third-order valence-corrected chi connectivity index (χ3v) is 7.08. The number of fused-ring (bicyclic) bond motifs is 2. The van der Waals surface area contributed by atoms with E-state index in [2.05, 4.69) is 15.3 Å². The number of hydrogen-bond donors (Lipinski definition) is 2. The molecule has 3 aliphatic rings. The second-order valence-corrected chi connectivity index (χ2v) is 9.15. The van der Waals surface area contributed by atoms with Crippen molar-refractivity contribution in [2.45, 2.75) is 51.3 Å². The highest BCUT2D eigenvalue weighted by atomic mass is 35.5. The van der Waals surface area contributed by atoms with E-state index in [0.29, 0.717) is 45.1 Å². The molecule has 0 radical (unpaired) electrons. The molecule has 2 aromatic rings. The Kier molecular flexibility index (Phi) is 5.29. The van der Waals surface area contributed by atoms with Crippen molar-refractivity contribution in [1.82, 2.24) is 20.2 Å². The third-order valence-electron chi connectivity index (χ3n) is 6.53. The van der Waals surface area contributed by atoms with Crippen LogP contribution in [0.1, 0.15) is 46.8 Å². The van der Waals surface area contributed by atoms with Crippen LogP contribution in [0.4, 0.5) is 4.39 Å². The van der Waals surface area contributed by atoms with Crippen molar-refractivity contribution in [2.75, 3.05) is 13.1 Å². The Morgan fingerprint density at radius 3 is 2.66 bits per heavy atom. The number of amides is 1. The van der Waals surface area contributed by atoms with E-state index in [1.807, 2.05) is 13.8 Å². The number of carbonyl (C=O) groups excluding carboxylic acids is 1. The van der Waals surface area contributed by atoms with Crippen LogP contribution in [0.15, 0.2) is 23.9 Å². The summed E-state index contributed by atoms with van der Waals surface area (Å²) in [7, 11) is 0. The van der Waals surface area contributed by atoms with Crippen molar-refractivity contribution < 1.29 is 13.9 Å². The van der Waals surface area contributed by atoms with E-state index in [1.165, 1.54) is 18.2 Å². The molecular weight excluding hydrogens is 433 g/mol. The van der Waals surface area contributed by atoms with Gasteiger partial charge in [0.05, 0.1) is 35.1 Å². The molecule has 1 amide bonds. The highest BCUT2D eigenvalue weighted by Gasteiger charge is 2.41. The van der Waals surface area contributed by atoms with Gasteiger partial charge in [-0.1, -0.05) is 11.6 Å². The van der Waals surface area contributed by atoms with Crippen LogP contribution >= 0.6 is 11.6 Å². The Bertz CT molecular complexity index is 1110. The molecule has 168 valence electrons. The fourth-order valence-corrected chi connectivity index (χ4v) is 4.94. The van der Waals surface area contributed by atoms with E-state index in [9.17, 15) is 9.18 Å². The van der Waals surface area contributed by atoms with Gasteiger partial charge in [-0.2, -0.15) is 0 Å². The lowest BCUT2D eigenvalue weighted by Crippen LogP contribution is -2.34. The van der Waals surface area contributed by atoms with Gasteiger partial charge in [-0.25, -0.2) is 14.4 Å². The number of aryl methyl sites for hydroxylation is 2. The Morgan fingerprint density at radius 1 is 1.25 bits per heavy atom. The van der Waals surface area contributed by atoms with E-state index in [0.717, 1.165) is 19.3 Å². The van der Waals surface area contributed by atoms with Crippen LogP contribution in [0.5, 0.6) is 5.75 Å². The first-order valence-corrected chi connectivity index (χ1v) is 11.2. The monoisotopic (exact) mass is 457 g/mol. The molecule has 1 aromatic carbocycles. The van der Waals surface area contributed by atoms with Gasteiger partial charge < -0.3 is 20.7 Å². The van der Waals surface area contributed by atoms with Crippen LogP contribution in [-0.4, -0.2) is 52.1 Å². The van der Waals surface area contributed by atoms with E-state index in [4.69, 9.17) is 22.1 Å². The number of aromatic nitrogens is 2. The maximum Gasteiger partial charge on any atom is 0.258 e. The second kappa shape index (κ2) is 8.01. The summed E-state index contributed by atoms with van der Waals surface area (Å²) in [6.07, 6.45) is 2.97. The molecule has 9 heteroatoms. The zero-order chi connectivity index (χ0) is 22.6. The largest absolute Gasteiger partial charge is 0.488 e. The van der Waals surface area contributed by atoms with E-state index in [1.54, 1.807) is 4.90 Å². The third kappa shape index (κ3) is 3.71. The molecule has 3 N–H and O–H groups in total. The fraction of sp³-hybridized carbons (Fsp3) is 0.435. The molecule has 2 saturated heterocycles. The molecule has 3 atom stereocenters. The van der Waals surface area contributed by atoms with E-state index < -0.39 is 5.82 Å². The molecule has 5 rings (SSSR count). The summed E-state index contributed by atoms with van der Waals surface area (Å²) >= 11 is 6.19. The van der Waals surface area contributed by atoms with Gasteiger partial charge in [0.2, 0.25) is 0 Å². The average Bonchev–Trinajstić information content (AvgIpc) is 3.47. The second-order valence-electron chi connectivity index (χ2n) is 8.78. The average molecular weight is 458 g/mol. The van der Waals surface area contributed by atoms with Crippen molar-refractivity contribution in [3.63, 3.8) is 0 Å². The summed E-state index contributed by atoms with van der Waals surface area (Å²) < 4.78 is 20.2. The van der Waals surface area contributed by atoms with Gasteiger partial charge in [-0.05, 0) is 38.8 Å². The number of ether oxygens (including phenoxy) is 1. The summed E-state index contributed by atoms with van der Waals surface area (Å²) in [5.74, 6) is 0.0426. The smallest absolute Gasteiger partial charge is 0.258 e. The number of rotatable bonds is 4. The van der Waals surface area contributed by atoms with E-state index >= 15 is 0 Å². The van der Waals surface area contributed by atoms with Gasteiger partial charge in [0.25, 0.3) is 5.91 Å². The molecule has 32 heavy (non-hydrogen) atoms. The van der Waals surface area contributed by atoms with Gasteiger partial charge in [-0.3, -0.25) is 4.79 Å². The fourth-order valence-electron chi connectivity index (χ4n) is 4.85. The minimum Gasteiger partial charge on any atom is -0.488 e. The van der Waals surface area contributed by atoms with Gasteiger partial charge in [-0.15, -0.1) is 0 Å². The van der Waals surface area contributed by atoms with Gasteiger partial charge in [0.15, 0.2) is 5.82 Å². The minimum absolute atomic E-state index is 0.0622. The number of hydrogen-bond acceptors (Lipinski definition) is 6. The number of carbonyl (C=O) groups is 1. The van der Waals surface area contributed by atoms with Crippen LogP contribution in [0.2, 0.25) is 5.02 Å². The lowest BCUT2D eigenvalue weighted by atomic mass is 9.97. The zero-order valence-electron chi connectivity index (χ0n) is 18.0. The first-order chi connectivity index (χ1) is 15.3. The first-order valence-electron chi connectivity index (χ1n) is 10.8. The van der Waals surface area contributed by atoms with Crippen molar-refractivity contribution in [1.29, 1.82) is 0 Å². The van der Waals surface area contributed by atoms with Crippen LogP contribution in [0, 0.1) is 19.7 Å². The van der Waals surface area contributed by atoms with Crippen LogP contribution in [0.25, 0.3) is 5.57 Å². The summed E-state index contributed by atoms with van der Waals surface area (Å²) in [6.45, 7) is 4.12. The maximum absolute atomic E-state index is 14.0. The quantitative estimate of drug-likeness (QED) is 0.733. The topological polar surface area (TPSA) is 93.4 Å². The molecule has 1 aromatic heterocycles. The molecule has 0 saturated carbocycles. The Hall–Kier alpha value is -2.71. The summed E-state index contributed by atoms with van der Waals surface area (Å²) in [4.78, 5) is 23.9. The normalized spacial score (nSPS) is 24.5. The minimum atomic E-state index is -0.437. The molecule has 0 aliphatic carbocycles. The van der Waals surface area contributed by atoms with Crippen molar-refractivity contribution in [3.8, 4) is 5.75 Å². The molecule has 3 aliphatic heterocycles. The molecule has 2 fully saturated rings. The highest BCUT2D eigenvalue weighted by molar-refractivity contribution is 6.31. The lowest BCUT2D eigenvalue weighted by Gasteiger charge is -2.24. The zero-order valence-corrected chi connectivity index (χ0v) is 18.7. The Balaban J connectivity index is 1.37. The standard InChI is InChI=1S/C23H25ClFN5O2/c1-11-21(24)12(2)28-22(27-11)16-9-30(10-17(16)26)23(31)15-5-3-13(25)7-19(15)32-20-8-14-4-6-18(20)29-14/h3,5,7,14,18,20,29H,4,6,8-10,26H2,1-2H3. The summed E-state index contributed by atoms with van der Waals surface area (Å²) in [5.41, 5.74) is 9.14. The first kappa shape index (κ1) is 21.2. The lowest BCUT2D eigenvalue weighted by molar-refractivity contribution is 0.0789. The number of nitrogens with one attached hydrogen (secondary N) is 1. The predicted molar refractivity (Wildman–Crippen MR) is 119 cm³/mol. The Morgan fingerprint density at radius 2 is 2.00 bits per heavy atom. The SMILES string of the molecule is Cc1nc(C2=C(N)CN(C(=O)c3ccc(F)cc3OC3CC4CCC3N4)C2)nc(C)c1Cl.